The lowest BCUT2D eigenvalue weighted by molar-refractivity contribution is -0.596. The Morgan fingerprint density at radius 3 is 2.30 bits per heavy atom. The number of benzene rings is 3. The Kier molecular flexibility index (Phi) is 5.57. The Balaban J connectivity index is 1.72. The molecule has 1 aliphatic heterocycles. The molecule has 6 heteroatoms. The van der Waals surface area contributed by atoms with Crippen LogP contribution in [0.25, 0.3) is 0 Å². The quantitative estimate of drug-likeness (QED) is 0.647. The van der Waals surface area contributed by atoms with Crippen molar-refractivity contribution >= 4 is 18.0 Å². The van der Waals surface area contributed by atoms with Gasteiger partial charge in [-0.3, -0.25) is 9.59 Å². The van der Waals surface area contributed by atoms with Crippen LogP contribution in [-0.2, 0) is 4.79 Å². The van der Waals surface area contributed by atoms with Crippen molar-refractivity contribution in [2.75, 3.05) is 7.11 Å². The Morgan fingerprint density at radius 1 is 0.967 bits per heavy atom. The summed E-state index contributed by atoms with van der Waals surface area (Å²) in [4.78, 5) is 25.6. The van der Waals surface area contributed by atoms with Gasteiger partial charge in [-0.25, -0.2) is 0 Å². The van der Waals surface area contributed by atoms with E-state index in [1.807, 2.05) is 66.9 Å². The zero-order chi connectivity index (χ0) is 20.9. The molecular weight excluding hydrogens is 378 g/mol. The second-order valence-corrected chi connectivity index (χ2v) is 6.93. The first-order valence-electron chi connectivity index (χ1n) is 9.65. The fraction of sp³-hybridized carbons (Fsp3) is 0.125. The van der Waals surface area contributed by atoms with Gasteiger partial charge in [0.1, 0.15) is 5.75 Å². The Morgan fingerprint density at radius 2 is 1.60 bits per heavy atom. The fourth-order valence-electron chi connectivity index (χ4n) is 3.57. The third-order valence-electron chi connectivity index (χ3n) is 5.02. The molecular formula is C24H22N3O3+. The monoisotopic (exact) mass is 400 g/mol. The first-order chi connectivity index (χ1) is 14.7. The van der Waals surface area contributed by atoms with Gasteiger partial charge in [0.05, 0.1) is 12.7 Å². The van der Waals surface area contributed by atoms with Crippen LogP contribution in [0, 0.1) is 0 Å². The Hall–Kier alpha value is -3.93. The molecule has 0 unspecified atom stereocenters. The Labute approximate surface area is 174 Å². The van der Waals surface area contributed by atoms with Gasteiger partial charge in [-0.15, -0.1) is 10.1 Å². The van der Waals surface area contributed by atoms with Crippen molar-refractivity contribution in [2.24, 2.45) is 0 Å². The fourth-order valence-corrected chi connectivity index (χ4v) is 3.57. The lowest BCUT2D eigenvalue weighted by Crippen LogP contribution is -2.42. The third kappa shape index (κ3) is 3.93. The lowest BCUT2D eigenvalue weighted by atomic mass is 10.00. The van der Waals surface area contributed by atoms with Crippen LogP contribution in [0.5, 0.6) is 5.75 Å². The minimum absolute atomic E-state index is 0.278. The maximum Gasteiger partial charge on any atom is 0.304 e. The molecule has 1 saturated heterocycles. The van der Waals surface area contributed by atoms with Gasteiger partial charge in [0.2, 0.25) is 12.3 Å². The van der Waals surface area contributed by atoms with E-state index in [9.17, 15) is 9.59 Å². The van der Waals surface area contributed by atoms with Gasteiger partial charge in [-0.05, 0) is 24.3 Å². The summed E-state index contributed by atoms with van der Waals surface area (Å²) < 4.78 is 7.16. The minimum atomic E-state index is -0.758. The van der Waals surface area contributed by atoms with Crippen LogP contribution >= 0.6 is 0 Å². The van der Waals surface area contributed by atoms with Crippen LogP contribution in [0.15, 0.2) is 84.9 Å². The van der Waals surface area contributed by atoms with E-state index in [0.29, 0.717) is 11.3 Å². The smallest absolute Gasteiger partial charge is 0.304 e. The summed E-state index contributed by atoms with van der Waals surface area (Å²) in [5, 5.41) is 2.89. The molecule has 4 rings (SSSR count). The molecule has 2 amide bonds. The van der Waals surface area contributed by atoms with Gasteiger partial charge in [0.25, 0.3) is 5.91 Å². The predicted octanol–water partition coefficient (Wildman–Crippen LogP) is 2.71. The summed E-state index contributed by atoms with van der Waals surface area (Å²) in [5.74, 6) is 0.116. The van der Waals surface area contributed by atoms with Crippen LogP contribution in [0.1, 0.15) is 27.5 Å². The van der Waals surface area contributed by atoms with Gasteiger partial charge in [0, 0.05) is 11.1 Å². The van der Waals surface area contributed by atoms with Gasteiger partial charge in [-0.1, -0.05) is 60.7 Å². The van der Waals surface area contributed by atoms with Crippen molar-refractivity contribution in [1.82, 2.24) is 10.7 Å². The number of hydrogen-bond acceptors (Lipinski definition) is 3. The molecule has 0 saturated carbocycles. The SMILES string of the molecule is COc1ccccc1/C=[N+]1\NC(=O)[C@@H](NC(=O)c2ccccc2)[C@@H]1c1ccccc1. The zero-order valence-corrected chi connectivity index (χ0v) is 16.5. The third-order valence-corrected chi connectivity index (χ3v) is 5.02. The molecule has 0 aromatic heterocycles. The largest absolute Gasteiger partial charge is 0.496 e. The van der Waals surface area contributed by atoms with E-state index < -0.39 is 12.1 Å². The predicted molar refractivity (Wildman–Crippen MR) is 113 cm³/mol. The molecule has 1 aliphatic rings. The topological polar surface area (TPSA) is 70.4 Å². The number of nitrogens with one attached hydrogen (secondary N) is 2. The maximum atomic E-state index is 12.9. The number of methoxy groups -OCH3 is 1. The summed E-state index contributed by atoms with van der Waals surface area (Å²) in [6, 6.07) is 24.9. The lowest BCUT2D eigenvalue weighted by Gasteiger charge is -2.14. The molecule has 6 nitrogen and oxygen atoms in total. The van der Waals surface area contributed by atoms with Gasteiger partial charge < -0.3 is 10.1 Å². The van der Waals surface area contributed by atoms with Gasteiger partial charge in [0.15, 0.2) is 6.04 Å². The molecule has 0 radical (unpaired) electrons. The van der Waals surface area contributed by atoms with Crippen LogP contribution in [0.3, 0.4) is 0 Å². The number of nitrogens with zero attached hydrogens (tertiary/aromatic N) is 1. The average molecular weight is 400 g/mol. The highest BCUT2D eigenvalue weighted by molar-refractivity contribution is 5.98. The van der Waals surface area contributed by atoms with E-state index in [0.717, 1.165) is 11.1 Å². The molecule has 1 heterocycles. The van der Waals surface area contributed by atoms with Gasteiger partial charge in [-0.2, -0.15) is 0 Å². The van der Waals surface area contributed by atoms with E-state index in [1.165, 1.54) is 0 Å². The summed E-state index contributed by atoms with van der Waals surface area (Å²) in [6.45, 7) is 0. The second-order valence-electron chi connectivity index (χ2n) is 6.93. The van der Waals surface area contributed by atoms with Crippen molar-refractivity contribution in [1.29, 1.82) is 0 Å². The molecule has 3 aromatic carbocycles. The molecule has 0 spiro atoms. The zero-order valence-electron chi connectivity index (χ0n) is 16.5. The number of rotatable bonds is 5. The second kappa shape index (κ2) is 8.61. The average Bonchev–Trinajstić information content (AvgIpc) is 3.09. The summed E-state index contributed by atoms with van der Waals surface area (Å²) in [7, 11) is 1.60. The van der Waals surface area contributed by atoms with Crippen LogP contribution < -0.4 is 15.5 Å². The van der Waals surface area contributed by atoms with Gasteiger partial charge >= 0.3 is 5.91 Å². The number of carbonyl (C=O) groups excluding carboxylic acids is 2. The van der Waals surface area contributed by atoms with Crippen molar-refractivity contribution in [3.8, 4) is 5.75 Å². The number of para-hydroxylation sites is 1. The molecule has 2 N–H and O–H groups in total. The number of hydrazone groups is 1. The molecule has 150 valence electrons. The maximum absolute atomic E-state index is 12.9. The highest BCUT2D eigenvalue weighted by Gasteiger charge is 2.47. The normalized spacial score (nSPS) is 19.4. The molecule has 0 aliphatic carbocycles. The van der Waals surface area contributed by atoms with E-state index in [2.05, 4.69) is 10.7 Å². The van der Waals surface area contributed by atoms with E-state index >= 15 is 0 Å². The molecule has 1 fully saturated rings. The molecule has 0 bridgehead atoms. The highest BCUT2D eigenvalue weighted by atomic mass is 16.5. The van der Waals surface area contributed by atoms with Crippen LogP contribution in [0.4, 0.5) is 0 Å². The minimum Gasteiger partial charge on any atom is -0.496 e. The standard InChI is InChI=1S/C24H21N3O3/c1-30-20-15-9-8-14-19(20)16-27-22(17-10-4-2-5-11-17)21(24(29)26-27)25-23(28)18-12-6-3-7-13-18/h2-16,21-22H,1H3,(H-,25,26,28,29)/p+1/b27-16-/t21-,22-/m0/s1. The summed E-state index contributed by atoms with van der Waals surface area (Å²) in [5.41, 5.74) is 5.10. The van der Waals surface area contributed by atoms with Crippen molar-refractivity contribution in [2.45, 2.75) is 12.1 Å². The first kappa shape index (κ1) is 19.4. The molecule has 3 aromatic rings. The van der Waals surface area contributed by atoms with E-state index in [4.69, 9.17) is 4.74 Å². The summed E-state index contributed by atoms with van der Waals surface area (Å²) in [6.07, 6.45) is 1.82. The van der Waals surface area contributed by atoms with E-state index in [-0.39, 0.29) is 11.8 Å². The van der Waals surface area contributed by atoms with Crippen molar-refractivity contribution in [3.63, 3.8) is 0 Å². The number of hydrogen-bond donors (Lipinski definition) is 2. The number of hydrazine groups is 1. The number of carbonyl (C=O) groups is 2. The molecule has 30 heavy (non-hydrogen) atoms. The van der Waals surface area contributed by atoms with Crippen LogP contribution in [0.2, 0.25) is 0 Å². The summed E-state index contributed by atoms with van der Waals surface area (Å²) >= 11 is 0. The van der Waals surface area contributed by atoms with E-state index in [1.54, 1.807) is 36.1 Å². The Bertz CT molecular complexity index is 1080. The highest BCUT2D eigenvalue weighted by Crippen LogP contribution is 2.26. The van der Waals surface area contributed by atoms with Crippen LogP contribution in [-0.4, -0.2) is 35.9 Å². The number of amides is 2. The van der Waals surface area contributed by atoms with Crippen molar-refractivity contribution in [3.05, 3.63) is 102 Å². The van der Waals surface area contributed by atoms with Crippen molar-refractivity contribution < 1.29 is 19.0 Å². The molecule has 2 atom stereocenters. The number of ether oxygens (including phenoxy) is 1. The first-order valence-corrected chi connectivity index (χ1v) is 9.65.